The van der Waals surface area contributed by atoms with E-state index in [9.17, 15) is 5.26 Å². The highest BCUT2D eigenvalue weighted by atomic mass is 32.1. The normalized spacial score (nSPS) is 11.1. The molecule has 2 aromatic carbocycles. The zero-order chi connectivity index (χ0) is 20.8. The highest BCUT2D eigenvalue weighted by Crippen LogP contribution is 2.32. The third-order valence-electron chi connectivity index (χ3n) is 4.36. The van der Waals surface area contributed by atoms with Gasteiger partial charge in [0, 0.05) is 5.38 Å². The second kappa shape index (κ2) is 9.40. The van der Waals surface area contributed by atoms with Crippen molar-refractivity contribution >= 4 is 34.3 Å². The quantitative estimate of drug-likeness (QED) is 0.313. The number of thiazole rings is 1. The van der Waals surface area contributed by atoms with Crippen LogP contribution in [-0.2, 0) is 6.61 Å². The Balaban J connectivity index is 1.55. The lowest BCUT2D eigenvalue weighted by atomic mass is 10.1. The number of hydrogen-bond donors (Lipinski definition) is 0. The number of nitrogens with zero attached hydrogens (tertiary/aromatic N) is 2. The van der Waals surface area contributed by atoms with Crippen LogP contribution >= 0.6 is 22.7 Å². The zero-order valence-electron chi connectivity index (χ0n) is 16.2. The fraction of sp³-hybridized carbons (Fsp3) is 0.0833. The average molecular weight is 431 g/mol. The molecular formula is C24H18N2O2S2. The summed E-state index contributed by atoms with van der Waals surface area (Å²) in [5.74, 6) is 1.28. The van der Waals surface area contributed by atoms with Crippen molar-refractivity contribution in [3.63, 3.8) is 0 Å². The van der Waals surface area contributed by atoms with Crippen molar-refractivity contribution in [3.05, 3.63) is 87.6 Å². The van der Waals surface area contributed by atoms with Gasteiger partial charge in [-0.3, -0.25) is 0 Å². The Hall–Kier alpha value is -3.40. The zero-order valence-corrected chi connectivity index (χ0v) is 17.9. The largest absolute Gasteiger partial charge is 0.493 e. The number of thiophene rings is 1. The van der Waals surface area contributed by atoms with Crippen LogP contribution in [0.3, 0.4) is 0 Å². The van der Waals surface area contributed by atoms with E-state index in [1.54, 1.807) is 18.4 Å². The lowest BCUT2D eigenvalue weighted by Crippen LogP contribution is -1.97. The monoisotopic (exact) mass is 430 g/mol. The summed E-state index contributed by atoms with van der Waals surface area (Å²) in [5.41, 5.74) is 3.35. The second-order valence-corrected chi connectivity index (χ2v) is 8.18. The molecule has 148 valence electrons. The van der Waals surface area contributed by atoms with Crippen molar-refractivity contribution in [2.24, 2.45) is 0 Å². The number of rotatable bonds is 7. The first-order valence-electron chi connectivity index (χ1n) is 9.23. The van der Waals surface area contributed by atoms with Gasteiger partial charge in [-0.05, 0) is 40.8 Å². The molecule has 0 spiro atoms. The number of benzene rings is 2. The van der Waals surface area contributed by atoms with Gasteiger partial charge in [-0.1, -0.05) is 42.5 Å². The predicted molar refractivity (Wildman–Crippen MR) is 123 cm³/mol. The molecule has 0 atom stereocenters. The van der Waals surface area contributed by atoms with Crippen LogP contribution in [0.15, 0.2) is 71.4 Å². The molecule has 0 aliphatic heterocycles. The fourth-order valence-electron chi connectivity index (χ4n) is 2.87. The maximum absolute atomic E-state index is 9.67. The fourth-order valence-corrected chi connectivity index (χ4v) is 4.42. The number of hydrogen-bond acceptors (Lipinski definition) is 6. The number of aromatic nitrogens is 1. The summed E-state index contributed by atoms with van der Waals surface area (Å²) in [7, 11) is 1.61. The number of nitriles is 1. The van der Waals surface area contributed by atoms with Crippen LogP contribution in [0.2, 0.25) is 0 Å². The SMILES string of the molecule is COc1cc(/C=C(/C#N)c2nc(-c3cccs3)cs2)ccc1OCc1ccccc1. The molecule has 30 heavy (non-hydrogen) atoms. The first-order valence-corrected chi connectivity index (χ1v) is 11.0. The van der Waals surface area contributed by atoms with Gasteiger partial charge in [-0.2, -0.15) is 5.26 Å². The standard InChI is InChI=1S/C24H18N2O2S2/c1-27-22-13-18(9-10-21(22)28-15-17-6-3-2-4-7-17)12-19(14-25)24-26-20(16-30-24)23-8-5-11-29-23/h2-13,16H,15H2,1H3/b19-12-. The molecule has 4 aromatic rings. The van der Waals surface area contributed by atoms with Gasteiger partial charge >= 0.3 is 0 Å². The summed E-state index contributed by atoms with van der Waals surface area (Å²) in [4.78, 5) is 5.72. The minimum atomic E-state index is 0.459. The Bertz CT molecular complexity index is 1190. The molecule has 0 fully saturated rings. The molecule has 2 heterocycles. The number of ether oxygens (including phenoxy) is 2. The molecule has 0 N–H and O–H groups in total. The maximum atomic E-state index is 9.67. The van der Waals surface area contributed by atoms with E-state index in [2.05, 4.69) is 11.1 Å². The molecular weight excluding hydrogens is 412 g/mol. The third-order valence-corrected chi connectivity index (χ3v) is 6.13. The van der Waals surface area contributed by atoms with Gasteiger partial charge in [0.25, 0.3) is 0 Å². The molecule has 0 amide bonds. The Morgan fingerprint density at radius 3 is 2.67 bits per heavy atom. The van der Waals surface area contributed by atoms with Gasteiger partial charge in [-0.15, -0.1) is 22.7 Å². The van der Waals surface area contributed by atoms with Crippen molar-refractivity contribution in [3.8, 4) is 28.1 Å². The minimum Gasteiger partial charge on any atom is -0.493 e. The molecule has 4 nitrogen and oxygen atoms in total. The van der Waals surface area contributed by atoms with E-state index in [-0.39, 0.29) is 0 Å². The molecule has 6 heteroatoms. The highest BCUT2D eigenvalue weighted by Gasteiger charge is 2.11. The molecule has 0 aliphatic carbocycles. The van der Waals surface area contributed by atoms with Gasteiger partial charge in [0.15, 0.2) is 11.5 Å². The van der Waals surface area contributed by atoms with Gasteiger partial charge < -0.3 is 9.47 Å². The molecule has 2 aromatic heterocycles. The first-order chi connectivity index (χ1) is 14.8. The number of allylic oxidation sites excluding steroid dienone is 1. The molecule has 0 radical (unpaired) electrons. The van der Waals surface area contributed by atoms with E-state index in [1.807, 2.05) is 77.5 Å². The highest BCUT2D eigenvalue weighted by molar-refractivity contribution is 7.14. The van der Waals surface area contributed by atoms with E-state index < -0.39 is 0 Å². The van der Waals surface area contributed by atoms with Gasteiger partial charge in [0.05, 0.1) is 23.3 Å². The molecule has 0 saturated carbocycles. The van der Waals surface area contributed by atoms with Gasteiger partial charge in [0.1, 0.15) is 17.7 Å². The van der Waals surface area contributed by atoms with E-state index in [0.29, 0.717) is 28.7 Å². The lowest BCUT2D eigenvalue weighted by Gasteiger charge is -2.11. The maximum Gasteiger partial charge on any atom is 0.161 e. The predicted octanol–water partition coefficient (Wildman–Crippen LogP) is 6.52. The summed E-state index contributed by atoms with van der Waals surface area (Å²) in [6.45, 7) is 0.459. The van der Waals surface area contributed by atoms with Crippen LogP contribution in [0, 0.1) is 11.3 Å². The summed E-state index contributed by atoms with van der Waals surface area (Å²) < 4.78 is 11.4. The van der Waals surface area contributed by atoms with E-state index in [1.165, 1.54) is 11.3 Å². The second-order valence-electron chi connectivity index (χ2n) is 6.37. The summed E-state index contributed by atoms with van der Waals surface area (Å²) in [6, 6.07) is 21.9. The summed E-state index contributed by atoms with van der Waals surface area (Å²) in [5, 5.41) is 14.4. The van der Waals surface area contributed by atoms with Crippen LogP contribution in [0.25, 0.3) is 22.2 Å². The van der Waals surface area contributed by atoms with Crippen molar-refractivity contribution < 1.29 is 9.47 Å². The molecule has 0 aliphatic rings. The van der Waals surface area contributed by atoms with E-state index >= 15 is 0 Å². The smallest absolute Gasteiger partial charge is 0.161 e. The van der Waals surface area contributed by atoms with Crippen LogP contribution in [0.1, 0.15) is 16.1 Å². The minimum absolute atomic E-state index is 0.459. The molecule has 0 saturated heterocycles. The molecule has 0 unspecified atom stereocenters. The lowest BCUT2D eigenvalue weighted by molar-refractivity contribution is 0.284. The van der Waals surface area contributed by atoms with Gasteiger partial charge in [-0.25, -0.2) is 4.98 Å². The van der Waals surface area contributed by atoms with Crippen LogP contribution in [0.4, 0.5) is 0 Å². The third kappa shape index (κ3) is 4.60. The van der Waals surface area contributed by atoms with Crippen molar-refractivity contribution in [1.29, 1.82) is 5.26 Å². The Kier molecular flexibility index (Phi) is 6.23. The van der Waals surface area contributed by atoms with Gasteiger partial charge in [0.2, 0.25) is 0 Å². The topological polar surface area (TPSA) is 55.1 Å². The van der Waals surface area contributed by atoms with Crippen LogP contribution in [-0.4, -0.2) is 12.1 Å². The summed E-state index contributed by atoms with van der Waals surface area (Å²) >= 11 is 3.10. The van der Waals surface area contributed by atoms with Crippen molar-refractivity contribution in [2.45, 2.75) is 6.61 Å². The Morgan fingerprint density at radius 1 is 1.07 bits per heavy atom. The van der Waals surface area contributed by atoms with E-state index in [0.717, 1.165) is 21.7 Å². The van der Waals surface area contributed by atoms with Crippen molar-refractivity contribution in [1.82, 2.24) is 4.98 Å². The Labute approximate surface area is 183 Å². The number of methoxy groups -OCH3 is 1. The summed E-state index contributed by atoms with van der Waals surface area (Å²) in [6.07, 6.45) is 1.82. The van der Waals surface area contributed by atoms with Crippen LogP contribution in [0.5, 0.6) is 11.5 Å². The average Bonchev–Trinajstić information content (AvgIpc) is 3.49. The van der Waals surface area contributed by atoms with Crippen LogP contribution < -0.4 is 9.47 Å². The first kappa shape index (κ1) is 19.9. The Morgan fingerprint density at radius 2 is 1.93 bits per heavy atom. The molecule has 4 rings (SSSR count). The molecule has 0 bridgehead atoms. The van der Waals surface area contributed by atoms with Crippen molar-refractivity contribution in [2.75, 3.05) is 7.11 Å². The van der Waals surface area contributed by atoms with E-state index in [4.69, 9.17) is 9.47 Å².